The lowest BCUT2D eigenvalue weighted by Gasteiger charge is -2.15. The molecule has 0 fully saturated rings. The second-order valence-corrected chi connectivity index (χ2v) is 4.28. The first-order valence-corrected chi connectivity index (χ1v) is 5.95. The Balaban J connectivity index is 2.46. The van der Waals surface area contributed by atoms with Crippen LogP contribution in [0.4, 0.5) is 15.8 Å². The predicted octanol–water partition coefficient (Wildman–Crippen LogP) is 3.79. The van der Waals surface area contributed by atoms with E-state index < -0.39 is 0 Å². The summed E-state index contributed by atoms with van der Waals surface area (Å²) < 4.78 is 13.5. The summed E-state index contributed by atoms with van der Waals surface area (Å²) >= 11 is 0. The molecule has 0 aliphatic rings. The fourth-order valence-corrected chi connectivity index (χ4v) is 1.69. The van der Waals surface area contributed by atoms with E-state index in [9.17, 15) is 4.39 Å². The van der Waals surface area contributed by atoms with Crippen LogP contribution >= 0.6 is 0 Å². The van der Waals surface area contributed by atoms with Crippen LogP contribution in [0.5, 0.6) is 0 Å². The molecule has 16 heavy (non-hydrogen) atoms. The smallest absolute Gasteiger partial charge is 0.148 e. The highest BCUT2D eigenvalue weighted by atomic mass is 19.1. The molecule has 0 aromatic heterocycles. The van der Waals surface area contributed by atoms with Crippen LogP contribution in [0.3, 0.4) is 0 Å². The number of nitrogen functional groups attached to an aromatic ring is 1. The van der Waals surface area contributed by atoms with Gasteiger partial charge in [-0.05, 0) is 31.5 Å². The molecule has 3 heteroatoms. The molecule has 0 aliphatic heterocycles. The molecule has 0 aliphatic carbocycles. The molecule has 1 atom stereocenters. The van der Waals surface area contributed by atoms with E-state index >= 15 is 0 Å². The fourth-order valence-electron chi connectivity index (χ4n) is 1.69. The van der Waals surface area contributed by atoms with Gasteiger partial charge in [-0.25, -0.2) is 4.39 Å². The van der Waals surface area contributed by atoms with Gasteiger partial charge in [-0.2, -0.15) is 0 Å². The van der Waals surface area contributed by atoms with Gasteiger partial charge in [0.1, 0.15) is 5.82 Å². The van der Waals surface area contributed by atoms with E-state index in [-0.39, 0.29) is 5.82 Å². The highest BCUT2D eigenvalue weighted by Crippen LogP contribution is 2.18. The topological polar surface area (TPSA) is 38.0 Å². The van der Waals surface area contributed by atoms with Gasteiger partial charge in [-0.1, -0.05) is 26.2 Å². The number of halogens is 1. The molecular weight excluding hydrogens is 203 g/mol. The Morgan fingerprint density at radius 3 is 2.75 bits per heavy atom. The van der Waals surface area contributed by atoms with Crippen LogP contribution in [0.15, 0.2) is 18.2 Å². The number of nitrogens with two attached hydrogens (primary N) is 1. The first-order chi connectivity index (χ1) is 7.63. The molecule has 0 heterocycles. The third-order valence-electron chi connectivity index (χ3n) is 2.64. The summed E-state index contributed by atoms with van der Waals surface area (Å²) in [7, 11) is 0. The van der Waals surface area contributed by atoms with E-state index in [1.807, 2.05) is 0 Å². The molecule has 90 valence electrons. The molecular formula is C13H21FN2. The summed E-state index contributed by atoms with van der Waals surface area (Å²) in [6.07, 6.45) is 4.69. The molecule has 0 amide bonds. The number of benzene rings is 1. The lowest BCUT2D eigenvalue weighted by molar-refractivity contribution is 0.600. The van der Waals surface area contributed by atoms with Gasteiger partial charge < -0.3 is 11.1 Å². The van der Waals surface area contributed by atoms with Crippen LogP contribution in [0.25, 0.3) is 0 Å². The van der Waals surface area contributed by atoms with Crippen molar-refractivity contribution >= 4 is 11.4 Å². The summed E-state index contributed by atoms with van der Waals surface area (Å²) in [6.45, 7) is 4.25. The summed E-state index contributed by atoms with van der Waals surface area (Å²) in [6, 6.07) is 5.05. The molecule has 0 saturated carbocycles. The summed E-state index contributed by atoms with van der Waals surface area (Å²) in [4.78, 5) is 0. The SMILES string of the molecule is CCCCCC(C)Nc1ccc(N)cc1F. The van der Waals surface area contributed by atoms with E-state index in [4.69, 9.17) is 5.73 Å². The van der Waals surface area contributed by atoms with Crippen molar-refractivity contribution in [2.45, 2.75) is 45.6 Å². The maximum absolute atomic E-state index is 13.5. The first-order valence-electron chi connectivity index (χ1n) is 5.95. The van der Waals surface area contributed by atoms with E-state index in [2.05, 4.69) is 19.2 Å². The first kappa shape index (κ1) is 12.8. The maximum Gasteiger partial charge on any atom is 0.148 e. The van der Waals surface area contributed by atoms with E-state index in [0.29, 0.717) is 17.4 Å². The van der Waals surface area contributed by atoms with Gasteiger partial charge >= 0.3 is 0 Å². The zero-order chi connectivity index (χ0) is 12.0. The van der Waals surface area contributed by atoms with Crippen LogP contribution in [-0.2, 0) is 0 Å². The number of hydrogen-bond donors (Lipinski definition) is 2. The minimum absolute atomic E-state index is 0.276. The van der Waals surface area contributed by atoms with E-state index in [1.54, 1.807) is 12.1 Å². The zero-order valence-corrected chi connectivity index (χ0v) is 10.1. The van der Waals surface area contributed by atoms with Gasteiger partial charge in [0.25, 0.3) is 0 Å². The van der Waals surface area contributed by atoms with Crippen molar-refractivity contribution in [3.8, 4) is 0 Å². The van der Waals surface area contributed by atoms with Crippen molar-refractivity contribution in [1.82, 2.24) is 0 Å². The highest BCUT2D eigenvalue weighted by molar-refractivity contribution is 5.52. The molecule has 1 aromatic carbocycles. The predicted molar refractivity (Wildman–Crippen MR) is 68.0 cm³/mol. The van der Waals surface area contributed by atoms with Gasteiger partial charge in [-0.3, -0.25) is 0 Å². The monoisotopic (exact) mass is 224 g/mol. The van der Waals surface area contributed by atoms with Crippen molar-refractivity contribution < 1.29 is 4.39 Å². The molecule has 0 radical (unpaired) electrons. The van der Waals surface area contributed by atoms with Gasteiger partial charge in [0.2, 0.25) is 0 Å². The summed E-state index contributed by atoms with van der Waals surface area (Å²) in [5.74, 6) is -0.276. The van der Waals surface area contributed by atoms with E-state index in [1.165, 1.54) is 25.3 Å². The standard InChI is InChI=1S/C13H21FN2/c1-3-4-5-6-10(2)16-13-8-7-11(15)9-12(13)14/h7-10,16H,3-6,15H2,1-2H3. The quantitative estimate of drug-likeness (QED) is 0.570. The summed E-state index contributed by atoms with van der Waals surface area (Å²) in [5, 5.41) is 3.17. The Hall–Kier alpha value is -1.25. The second kappa shape index (κ2) is 6.36. The van der Waals surface area contributed by atoms with Crippen LogP contribution in [0, 0.1) is 5.82 Å². The number of hydrogen-bond acceptors (Lipinski definition) is 2. The van der Waals surface area contributed by atoms with Crippen molar-refractivity contribution in [2.75, 3.05) is 11.1 Å². The lowest BCUT2D eigenvalue weighted by Crippen LogP contribution is -2.15. The Kier molecular flexibility index (Phi) is 5.09. The lowest BCUT2D eigenvalue weighted by atomic mass is 10.1. The van der Waals surface area contributed by atoms with E-state index in [0.717, 1.165) is 6.42 Å². The molecule has 3 N–H and O–H groups in total. The minimum atomic E-state index is -0.276. The molecule has 1 rings (SSSR count). The molecule has 0 spiro atoms. The molecule has 0 saturated heterocycles. The van der Waals surface area contributed by atoms with Gasteiger partial charge in [0.15, 0.2) is 0 Å². The molecule has 2 nitrogen and oxygen atoms in total. The Labute approximate surface area is 97.0 Å². The normalized spacial score (nSPS) is 12.4. The van der Waals surface area contributed by atoms with Gasteiger partial charge in [-0.15, -0.1) is 0 Å². The second-order valence-electron chi connectivity index (χ2n) is 4.28. The van der Waals surface area contributed by atoms with Crippen LogP contribution in [-0.4, -0.2) is 6.04 Å². The third kappa shape index (κ3) is 4.09. The minimum Gasteiger partial charge on any atom is -0.399 e. The average molecular weight is 224 g/mol. The van der Waals surface area contributed by atoms with Crippen molar-refractivity contribution in [3.05, 3.63) is 24.0 Å². The Bertz CT molecular complexity index is 326. The number of anilines is 2. The number of unbranched alkanes of at least 4 members (excludes halogenated alkanes) is 2. The fraction of sp³-hybridized carbons (Fsp3) is 0.538. The van der Waals surface area contributed by atoms with Crippen LogP contribution < -0.4 is 11.1 Å². The number of nitrogens with one attached hydrogen (secondary N) is 1. The molecule has 1 aromatic rings. The van der Waals surface area contributed by atoms with Crippen LogP contribution in [0.1, 0.15) is 39.5 Å². The number of rotatable bonds is 6. The van der Waals surface area contributed by atoms with Gasteiger partial charge in [0.05, 0.1) is 5.69 Å². The van der Waals surface area contributed by atoms with Crippen molar-refractivity contribution in [1.29, 1.82) is 0 Å². The third-order valence-corrected chi connectivity index (χ3v) is 2.64. The van der Waals surface area contributed by atoms with Crippen molar-refractivity contribution in [2.24, 2.45) is 0 Å². The maximum atomic E-state index is 13.5. The highest BCUT2D eigenvalue weighted by Gasteiger charge is 2.06. The van der Waals surface area contributed by atoms with Crippen molar-refractivity contribution in [3.63, 3.8) is 0 Å². The zero-order valence-electron chi connectivity index (χ0n) is 10.1. The summed E-state index contributed by atoms with van der Waals surface area (Å²) in [5.41, 5.74) is 6.49. The molecule has 0 bridgehead atoms. The van der Waals surface area contributed by atoms with Gasteiger partial charge in [0, 0.05) is 11.7 Å². The molecule has 1 unspecified atom stereocenters. The Morgan fingerprint density at radius 1 is 1.38 bits per heavy atom. The Morgan fingerprint density at radius 2 is 2.12 bits per heavy atom. The van der Waals surface area contributed by atoms with Crippen LogP contribution in [0.2, 0.25) is 0 Å². The largest absolute Gasteiger partial charge is 0.399 e. The average Bonchev–Trinajstić information content (AvgIpc) is 2.23.